The number of halogens is 1. The quantitative estimate of drug-likeness (QED) is 0.425. The van der Waals surface area contributed by atoms with Crippen molar-refractivity contribution in [3.05, 3.63) is 87.7 Å². The van der Waals surface area contributed by atoms with Gasteiger partial charge in [0.05, 0.1) is 0 Å². The molecule has 0 spiro atoms. The zero-order chi connectivity index (χ0) is 21.7. The maximum atomic E-state index is 13.0. The van der Waals surface area contributed by atoms with E-state index in [0.717, 1.165) is 16.0 Å². The molecule has 0 bridgehead atoms. The van der Waals surface area contributed by atoms with E-state index in [1.54, 1.807) is 24.4 Å². The summed E-state index contributed by atoms with van der Waals surface area (Å²) in [7, 11) is 0. The van der Waals surface area contributed by atoms with Crippen LogP contribution in [0.5, 0.6) is 0 Å². The van der Waals surface area contributed by atoms with E-state index in [1.807, 2.05) is 30.3 Å². The number of carbonyl (C=O) groups excluding carboxylic acids is 1. The first-order chi connectivity index (χ1) is 14.2. The molecule has 0 unspecified atom stereocenters. The summed E-state index contributed by atoms with van der Waals surface area (Å²) < 4.78 is 13.0. The fourth-order valence-corrected chi connectivity index (χ4v) is 3.65. The van der Waals surface area contributed by atoms with E-state index in [9.17, 15) is 14.4 Å². The lowest BCUT2D eigenvalue weighted by molar-refractivity contribution is -0.112. The average molecular weight is 420 g/mol. The van der Waals surface area contributed by atoms with Crippen molar-refractivity contribution >= 4 is 28.5 Å². The van der Waals surface area contributed by atoms with Crippen molar-refractivity contribution in [2.24, 2.45) is 0 Å². The molecule has 30 heavy (non-hydrogen) atoms. The lowest BCUT2D eigenvalue weighted by atomic mass is 9.86. The third-order valence-electron chi connectivity index (χ3n) is 4.52. The van der Waals surface area contributed by atoms with Gasteiger partial charge in [0.15, 0.2) is 5.13 Å². The second kappa shape index (κ2) is 9.02. The maximum Gasteiger partial charge on any atom is 0.268 e. The SMILES string of the molecule is CC(C)(C)c1ccc(C=C(C#N)C(=O)Nc2ncc(Cc3ccc(F)cc3)s2)cc1. The van der Waals surface area contributed by atoms with E-state index in [4.69, 9.17) is 0 Å². The van der Waals surface area contributed by atoms with E-state index in [0.29, 0.717) is 11.6 Å². The maximum absolute atomic E-state index is 13.0. The summed E-state index contributed by atoms with van der Waals surface area (Å²) in [6, 6.07) is 16.0. The number of nitriles is 1. The predicted molar refractivity (Wildman–Crippen MR) is 119 cm³/mol. The molecule has 6 heteroatoms. The molecule has 0 aliphatic heterocycles. The van der Waals surface area contributed by atoms with Crippen LogP contribution in [0.2, 0.25) is 0 Å². The Morgan fingerprint density at radius 2 is 1.83 bits per heavy atom. The number of benzene rings is 2. The minimum absolute atomic E-state index is 0.00814. The summed E-state index contributed by atoms with van der Waals surface area (Å²) in [5, 5.41) is 12.5. The lowest BCUT2D eigenvalue weighted by Gasteiger charge is -2.18. The summed E-state index contributed by atoms with van der Waals surface area (Å²) in [5.74, 6) is -0.778. The van der Waals surface area contributed by atoms with E-state index >= 15 is 0 Å². The normalized spacial score (nSPS) is 11.8. The van der Waals surface area contributed by atoms with Crippen molar-refractivity contribution in [3.63, 3.8) is 0 Å². The molecule has 0 aliphatic rings. The Bertz CT molecular complexity index is 1100. The van der Waals surface area contributed by atoms with Gasteiger partial charge in [0.2, 0.25) is 0 Å². The molecule has 2 aromatic carbocycles. The van der Waals surface area contributed by atoms with Gasteiger partial charge in [-0.1, -0.05) is 57.2 Å². The average Bonchev–Trinajstić information content (AvgIpc) is 3.14. The van der Waals surface area contributed by atoms with Crippen molar-refractivity contribution in [3.8, 4) is 6.07 Å². The molecule has 4 nitrogen and oxygen atoms in total. The summed E-state index contributed by atoms with van der Waals surface area (Å²) in [6.45, 7) is 6.39. The number of nitrogens with one attached hydrogen (secondary N) is 1. The van der Waals surface area contributed by atoms with Crippen molar-refractivity contribution < 1.29 is 9.18 Å². The number of thiazole rings is 1. The minimum atomic E-state index is -0.500. The summed E-state index contributed by atoms with van der Waals surface area (Å²) >= 11 is 1.33. The lowest BCUT2D eigenvalue weighted by Crippen LogP contribution is -2.13. The van der Waals surface area contributed by atoms with E-state index in [2.05, 4.69) is 31.1 Å². The Balaban J connectivity index is 1.68. The Morgan fingerprint density at radius 3 is 2.43 bits per heavy atom. The van der Waals surface area contributed by atoms with Gasteiger partial charge in [-0.2, -0.15) is 5.26 Å². The van der Waals surface area contributed by atoms with Gasteiger partial charge in [-0.15, -0.1) is 11.3 Å². The smallest absolute Gasteiger partial charge is 0.268 e. The van der Waals surface area contributed by atoms with E-state index in [-0.39, 0.29) is 16.8 Å². The minimum Gasteiger partial charge on any atom is -0.297 e. The number of aromatic nitrogens is 1. The van der Waals surface area contributed by atoms with Crippen molar-refractivity contribution in [1.29, 1.82) is 5.26 Å². The van der Waals surface area contributed by atoms with E-state index < -0.39 is 5.91 Å². The Labute approximate surface area is 179 Å². The van der Waals surface area contributed by atoms with Gasteiger partial charge in [0, 0.05) is 17.5 Å². The molecule has 1 amide bonds. The molecular formula is C24H22FN3OS. The molecule has 0 saturated carbocycles. The Kier molecular flexibility index (Phi) is 6.43. The fraction of sp³-hybridized carbons (Fsp3) is 0.208. The van der Waals surface area contributed by atoms with Crippen molar-refractivity contribution in [2.75, 3.05) is 5.32 Å². The molecule has 0 aliphatic carbocycles. The van der Waals surface area contributed by atoms with Crippen LogP contribution in [0.15, 0.2) is 60.3 Å². The van der Waals surface area contributed by atoms with Gasteiger partial charge in [0.1, 0.15) is 17.5 Å². The molecule has 3 rings (SSSR count). The van der Waals surface area contributed by atoms with Gasteiger partial charge in [-0.3, -0.25) is 10.1 Å². The summed E-state index contributed by atoms with van der Waals surface area (Å²) in [6.07, 6.45) is 3.83. The monoisotopic (exact) mass is 419 g/mol. The van der Waals surface area contributed by atoms with Crippen molar-refractivity contribution in [2.45, 2.75) is 32.6 Å². The molecule has 1 aromatic heterocycles. The van der Waals surface area contributed by atoms with Crippen LogP contribution in [0.4, 0.5) is 9.52 Å². The fourth-order valence-electron chi connectivity index (χ4n) is 2.81. The standard InChI is InChI=1S/C24H22FN3OS/c1-24(2,3)19-8-4-16(5-9-19)12-18(14-26)22(29)28-23-27-15-21(30-23)13-17-6-10-20(25)11-7-17/h4-12,15H,13H2,1-3H3,(H,27,28,29). The van der Waals surface area contributed by atoms with Gasteiger partial charge < -0.3 is 0 Å². The first-order valence-electron chi connectivity index (χ1n) is 9.47. The highest BCUT2D eigenvalue weighted by Crippen LogP contribution is 2.24. The molecule has 0 atom stereocenters. The third kappa shape index (κ3) is 5.62. The molecular weight excluding hydrogens is 397 g/mol. The van der Waals surface area contributed by atoms with Crippen LogP contribution >= 0.6 is 11.3 Å². The summed E-state index contributed by atoms with van der Waals surface area (Å²) in [4.78, 5) is 17.6. The largest absolute Gasteiger partial charge is 0.297 e. The molecule has 0 radical (unpaired) electrons. The van der Waals surface area contributed by atoms with Crippen LogP contribution in [-0.2, 0) is 16.6 Å². The topological polar surface area (TPSA) is 65.8 Å². The number of hydrogen-bond acceptors (Lipinski definition) is 4. The highest BCUT2D eigenvalue weighted by atomic mass is 32.1. The number of nitrogens with zero attached hydrogens (tertiary/aromatic N) is 2. The van der Waals surface area contributed by atoms with Crippen molar-refractivity contribution in [1.82, 2.24) is 4.98 Å². The van der Waals surface area contributed by atoms with Crippen LogP contribution < -0.4 is 5.32 Å². The molecule has 152 valence electrons. The molecule has 1 N–H and O–H groups in total. The number of hydrogen-bond donors (Lipinski definition) is 1. The Hall–Kier alpha value is -3.30. The van der Waals surface area contributed by atoms with Crippen LogP contribution in [0.3, 0.4) is 0 Å². The predicted octanol–water partition coefficient (Wildman–Crippen LogP) is 5.72. The summed E-state index contributed by atoms with van der Waals surface area (Å²) in [5.41, 5.74) is 2.96. The molecule has 3 aromatic rings. The number of anilines is 1. The second-order valence-corrected chi connectivity index (χ2v) is 9.05. The highest BCUT2D eigenvalue weighted by Gasteiger charge is 2.14. The first kappa shape index (κ1) is 21.4. The van der Waals surface area contributed by atoms with Crippen LogP contribution in [-0.4, -0.2) is 10.9 Å². The highest BCUT2D eigenvalue weighted by molar-refractivity contribution is 7.15. The van der Waals surface area contributed by atoms with Gasteiger partial charge >= 0.3 is 0 Å². The third-order valence-corrected chi connectivity index (χ3v) is 5.43. The number of rotatable bonds is 5. The zero-order valence-corrected chi connectivity index (χ0v) is 17.9. The molecule has 0 saturated heterocycles. The van der Waals surface area contributed by atoms with Crippen LogP contribution in [0.25, 0.3) is 6.08 Å². The van der Waals surface area contributed by atoms with Gasteiger partial charge in [-0.05, 0) is 40.3 Å². The Morgan fingerprint density at radius 1 is 1.17 bits per heavy atom. The number of carbonyl (C=O) groups is 1. The van der Waals surface area contributed by atoms with Crippen LogP contribution in [0, 0.1) is 17.1 Å². The first-order valence-corrected chi connectivity index (χ1v) is 10.3. The number of amides is 1. The molecule has 0 fully saturated rings. The van der Waals surface area contributed by atoms with Crippen LogP contribution in [0.1, 0.15) is 42.3 Å². The van der Waals surface area contributed by atoms with E-state index in [1.165, 1.54) is 29.0 Å². The second-order valence-electron chi connectivity index (χ2n) is 7.93. The van der Waals surface area contributed by atoms with Gasteiger partial charge in [-0.25, -0.2) is 9.37 Å². The zero-order valence-electron chi connectivity index (χ0n) is 17.1. The van der Waals surface area contributed by atoms with Gasteiger partial charge in [0.25, 0.3) is 5.91 Å². The molecule has 1 heterocycles.